The molecule has 0 bridgehead atoms. The molecule has 1 saturated heterocycles. The van der Waals surface area contributed by atoms with Gasteiger partial charge < -0.3 is 5.11 Å². The summed E-state index contributed by atoms with van der Waals surface area (Å²) in [6.07, 6.45) is 2.93. The number of nitrogens with zero attached hydrogens (tertiary/aromatic N) is 1. The normalized spacial score (nSPS) is 16.7. The highest BCUT2D eigenvalue weighted by molar-refractivity contribution is 5.96. The van der Waals surface area contributed by atoms with Crippen molar-refractivity contribution < 1.29 is 19.5 Å². The van der Waals surface area contributed by atoms with Gasteiger partial charge in [-0.1, -0.05) is 6.42 Å². The number of hydrazine groups is 1. The summed E-state index contributed by atoms with van der Waals surface area (Å²) in [4.78, 5) is 34.0. The number of hydrogen-bond acceptors (Lipinski definition) is 4. The van der Waals surface area contributed by atoms with E-state index in [1.54, 1.807) is 5.01 Å². The third kappa shape index (κ3) is 5.25. The number of carboxylic acids is 1. The highest BCUT2D eigenvalue weighted by Gasteiger charge is 2.30. The van der Waals surface area contributed by atoms with E-state index in [1.807, 2.05) is 0 Å². The molecular formula is C12H21N3O4. The number of piperidine rings is 1. The smallest absolute Gasteiger partial charge is 0.335 e. The molecule has 19 heavy (non-hydrogen) atoms. The van der Waals surface area contributed by atoms with E-state index in [1.165, 1.54) is 13.8 Å². The van der Waals surface area contributed by atoms with Gasteiger partial charge >= 0.3 is 12.0 Å². The van der Waals surface area contributed by atoms with Crippen LogP contribution in [0.15, 0.2) is 0 Å². The lowest BCUT2D eigenvalue weighted by Gasteiger charge is -2.26. The largest absolute Gasteiger partial charge is 0.481 e. The Hall–Kier alpha value is -1.63. The van der Waals surface area contributed by atoms with Crippen molar-refractivity contribution in [2.75, 3.05) is 13.1 Å². The SMILES string of the molecule is CC(C)(CC(=O)NC(=O)NN1CCCCC1)C(=O)O. The van der Waals surface area contributed by atoms with Gasteiger partial charge in [0.2, 0.25) is 5.91 Å². The van der Waals surface area contributed by atoms with Crippen molar-refractivity contribution in [2.24, 2.45) is 5.41 Å². The number of urea groups is 1. The first-order valence-electron chi connectivity index (χ1n) is 6.40. The second-order valence-electron chi connectivity index (χ2n) is 5.40. The first-order valence-corrected chi connectivity index (χ1v) is 6.40. The quantitative estimate of drug-likeness (QED) is 0.699. The lowest BCUT2D eigenvalue weighted by molar-refractivity contribution is -0.149. The molecule has 3 N–H and O–H groups in total. The number of carbonyl (C=O) groups excluding carboxylic acids is 2. The predicted molar refractivity (Wildman–Crippen MR) is 68.1 cm³/mol. The molecule has 1 heterocycles. The fourth-order valence-corrected chi connectivity index (χ4v) is 1.83. The molecule has 1 aliphatic rings. The van der Waals surface area contributed by atoms with Crippen LogP contribution in [0.5, 0.6) is 0 Å². The number of rotatable bonds is 4. The van der Waals surface area contributed by atoms with Crippen molar-refractivity contribution in [3.05, 3.63) is 0 Å². The lowest BCUT2D eigenvalue weighted by Crippen LogP contribution is -2.51. The Balaban J connectivity index is 2.35. The summed E-state index contributed by atoms with van der Waals surface area (Å²) in [7, 11) is 0. The standard InChI is InChI=1S/C12H21N3O4/c1-12(2,10(17)18)8-9(16)13-11(19)14-15-6-4-3-5-7-15/h3-8H2,1-2H3,(H,17,18)(H2,13,14,16,19). The Morgan fingerprint density at radius 2 is 1.74 bits per heavy atom. The molecule has 0 aromatic rings. The van der Waals surface area contributed by atoms with Crippen molar-refractivity contribution in [3.63, 3.8) is 0 Å². The van der Waals surface area contributed by atoms with Crippen LogP contribution in [0.2, 0.25) is 0 Å². The van der Waals surface area contributed by atoms with Gasteiger partial charge in [0, 0.05) is 19.5 Å². The number of carbonyl (C=O) groups is 3. The van der Waals surface area contributed by atoms with Gasteiger partial charge in [0.15, 0.2) is 0 Å². The van der Waals surface area contributed by atoms with E-state index in [2.05, 4.69) is 10.7 Å². The summed E-state index contributed by atoms with van der Waals surface area (Å²) in [5.41, 5.74) is 1.39. The lowest BCUT2D eigenvalue weighted by atomic mass is 9.89. The minimum Gasteiger partial charge on any atom is -0.481 e. The zero-order chi connectivity index (χ0) is 14.5. The third-order valence-electron chi connectivity index (χ3n) is 3.05. The first kappa shape index (κ1) is 15.4. The molecule has 0 aromatic carbocycles. The van der Waals surface area contributed by atoms with Gasteiger partial charge in [-0.05, 0) is 26.7 Å². The summed E-state index contributed by atoms with van der Waals surface area (Å²) >= 11 is 0. The molecule has 0 radical (unpaired) electrons. The van der Waals surface area contributed by atoms with Gasteiger partial charge in [0.1, 0.15) is 0 Å². The Morgan fingerprint density at radius 1 is 1.16 bits per heavy atom. The van der Waals surface area contributed by atoms with Crippen LogP contribution in [0.3, 0.4) is 0 Å². The average molecular weight is 271 g/mol. The van der Waals surface area contributed by atoms with E-state index >= 15 is 0 Å². The van der Waals surface area contributed by atoms with Crippen LogP contribution in [0.1, 0.15) is 39.5 Å². The van der Waals surface area contributed by atoms with Crippen molar-refractivity contribution in [1.29, 1.82) is 0 Å². The number of imide groups is 1. The summed E-state index contributed by atoms with van der Waals surface area (Å²) < 4.78 is 0. The number of hydrogen-bond donors (Lipinski definition) is 3. The maximum Gasteiger partial charge on any atom is 0.335 e. The number of amides is 3. The first-order chi connectivity index (χ1) is 8.81. The van der Waals surface area contributed by atoms with Crippen LogP contribution in [0.25, 0.3) is 0 Å². The molecule has 3 amide bonds. The molecule has 7 heteroatoms. The van der Waals surface area contributed by atoms with Gasteiger partial charge in [-0.25, -0.2) is 9.80 Å². The number of aliphatic carboxylic acids is 1. The minimum atomic E-state index is -1.19. The van der Waals surface area contributed by atoms with Crippen molar-refractivity contribution in [1.82, 2.24) is 15.8 Å². The third-order valence-corrected chi connectivity index (χ3v) is 3.05. The van der Waals surface area contributed by atoms with Gasteiger partial charge in [-0.3, -0.25) is 20.3 Å². The van der Waals surface area contributed by atoms with Crippen LogP contribution in [0, 0.1) is 5.41 Å². The second kappa shape index (κ2) is 6.51. The zero-order valence-corrected chi connectivity index (χ0v) is 11.4. The summed E-state index contributed by atoms with van der Waals surface area (Å²) in [6, 6.07) is -0.604. The summed E-state index contributed by atoms with van der Waals surface area (Å²) in [5.74, 6) is -1.67. The van der Waals surface area contributed by atoms with E-state index in [-0.39, 0.29) is 6.42 Å². The van der Waals surface area contributed by atoms with Gasteiger partial charge in [-0.2, -0.15) is 0 Å². The van der Waals surface area contributed by atoms with E-state index in [0.717, 1.165) is 32.4 Å². The fraction of sp³-hybridized carbons (Fsp3) is 0.750. The molecule has 7 nitrogen and oxygen atoms in total. The number of nitrogens with one attached hydrogen (secondary N) is 2. The predicted octanol–water partition coefficient (Wildman–Crippen LogP) is 0.714. The summed E-state index contributed by atoms with van der Waals surface area (Å²) in [6.45, 7) is 4.42. The van der Waals surface area contributed by atoms with Crippen LogP contribution in [-0.4, -0.2) is 41.1 Å². The molecule has 0 aromatic heterocycles. The van der Waals surface area contributed by atoms with Gasteiger partial charge in [-0.15, -0.1) is 0 Å². The molecule has 0 unspecified atom stereocenters. The van der Waals surface area contributed by atoms with Crippen molar-refractivity contribution in [3.8, 4) is 0 Å². The highest BCUT2D eigenvalue weighted by atomic mass is 16.4. The molecule has 1 rings (SSSR count). The highest BCUT2D eigenvalue weighted by Crippen LogP contribution is 2.19. The molecule has 0 spiro atoms. The molecule has 0 aliphatic carbocycles. The average Bonchev–Trinajstić information content (AvgIpc) is 2.28. The Bertz CT molecular complexity index is 362. The zero-order valence-electron chi connectivity index (χ0n) is 11.4. The van der Waals surface area contributed by atoms with E-state index < -0.39 is 23.3 Å². The molecular weight excluding hydrogens is 250 g/mol. The maximum absolute atomic E-state index is 11.6. The Labute approximate surface area is 112 Å². The van der Waals surface area contributed by atoms with Crippen LogP contribution in [-0.2, 0) is 9.59 Å². The van der Waals surface area contributed by atoms with E-state index in [0.29, 0.717) is 0 Å². The van der Waals surface area contributed by atoms with Gasteiger partial charge in [0.05, 0.1) is 5.41 Å². The van der Waals surface area contributed by atoms with Crippen LogP contribution < -0.4 is 10.7 Å². The van der Waals surface area contributed by atoms with Gasteiger partial charge in [0.25, 0.3) is 0 Å². The van der Waals surface area contributed by atoms with Crippen molar-refractivity contribution in [2.45, 2.75) is 39.5 Å². The summed E-state index contributed by atoms with van der Waals surface area (Å²) in [5, 5.41) is 12.8. The maximum atomic E-state index is 11.6. The molecule has 0 atom stereocenters. The molecule has 1 aliphatic heterocycles. The van der Waals surface area contributed by atoms with Crippen molar-refractivity contribution >= 4 is 17.9 Å². The molecule has 0 saturated carbocycles. The molecule has 108 valence electrons. The monoisotopic (exact) mass is 271 g/mol. The van der Waals surface area contributed by atoms with E-state index in [9.17, 15) is 14.4 Å². The van der Waals surface area contributed by atoms with Crippen LogP contribution in [0.4, 0.5) is 4.79 Å². The van der Waals surface area contributed by atoms with E-state index in [4.69, 9.17) is 5.11 Å². The second-order valence-corrected chi connectivity index (χ2v) is 5.40. The Kier molecular flexibility index (Phi) is 5.29. The Morgan fingerprint density at radius 3 is 2.26 bits per heavy atom. The topological polar surface area (TPSA) is 98.7 Å². The fourth-order valence-electron chi connectivity index (χ4n) is 1.83. The number of carboxylic acid groups (broad SMARTS) is 1. The van der Waals surface area contributed by atoms with Crippen LogP contribution >= 0.6 is 0 Å². The minimum absolute atomic E-state index is 0.240. The molecule has 1 fully saturated rings.